The fourth-order valence-corrected chi connectivity index (χ4v) is 2.28. The summed E-state index contributed by atoms with van der Waals surface area (Å²) >= 11 is 0. The molecule has 24 heavy (non-hydrogen) atoms. The molecule has 6 nitrogen and oxygen atoms in total. The van der Waals surface area contributed by atoms with Gasteiger partial charge < -0.3 is 14.5 Å². The molecule has 122 valence electrons. The molecule has 0 aliphatic carbocycles. The van der Waals surface area contributed by atoms with E-state index >= 15 is 0 Å². The molecule has 6 heteroatoms. The molecule has 0 saturated heterocycles. The van der Waals surface area contributed by atoms with Crippen LogP contribution in [0.4, 0.5) is 0 Å². The molecule has 0 saturated carbocycles. The molecule has 2 aromatic carbocycles. The van der Waals surface area contributed by atoms with E-state index in [-0.39, 0.29) is 5.91 Å². The summed E-state index contributed by atoms with van der Waals surface area (Å²) in [5.74, 6) is 1.20. The third-order valence-electron chi connectivity index (χ3n) is 3.57. The molecule has 0 bridgehead atoms. The minimum absolute atomic E-state index is 0.310. The number of aromatic amines is 1. The van der Waals surface area contributed by atoms with E-state index in [9.17, 15) is 4.79 Å². The van der Waals surface area contributed by atoms with Crippen LogP contribution < -0.4 is 14.9 Å². The van der Waals surface area contributed by atoms with Gasteiger partial charge in [0.1, 0.15) is 17.2 Å². The Morgan fingerprint density at radius 1 is 1.04 bits per heavy atom. The number of ether oxygens (including phenoxy) is 2. The van der Waals surface area contributed by atoms with Gasteiger partial charge in [0.25, 0.3) is 5.91 Å². The molecular formula is C18H17N3O3. The summed E-state index contributed by atoms with van der Waals surface area (Å²) in [5.41, 5.74) is 4.66. The molecule has 1 amide bonds. The zero-order chi connectivity index (χ0) is 16.9. The number of methoxy groups -OCH3 is 2. The molecule has 1 heterocycles. The van der Waals surface area contributed by atoms with Gasteiger partial charge in [-0.15, -0.1) is 0 Å². The molecule has 0 fully saturated rings. The van der Waals surface area contributed by atoms with Crippen molar-refractivity contribution < 1.29 is 14.3 Å². The first kappa shape index (κ1) is 15.6. The number of rotatable bonds is 5. The lowest BCUT2D eigenvalue weighted by atomic mass is 10.2. The lowest BCUT2D eigenvalue weighted by Crippen LogP contribution is -2.17. The lowest BCUT2D eigenvalue weighted by molar-refractivity contribution is 0.0951. The summed E-state index contributed by atoms with van der Waals surface area (Å²) in [6, 6.07) is 14.7. The third kappa shape index (κ3) is 3.38. The van der Waals surface area contributed by atoms with Crippen molar-refractivity contribution in [1.29, 1.82) is 0 Å². The van der Waals surface area contributed by atoms with Crippen LogP contribution in [0.25, 0.3) is 10.9 Å². The van der Waals surface area contributed by atoms with E-state index < -0.39 is 0 Å². The van der Waals surface area contributed by atoms with Gasteiger partial charge in [-0.2, -0.15) is 5.10 Å². The van der Waals surface area contributed by atoms with Crippen molar-refractivity contribution in [3.63, 3.8) is 0 Å². The number of amides is 1. The van der Waals surface area contributed by atoms with Gasteiger partial charge in [-0.3, -0.25) is 4.79 Å². The van der Waals surface area contributed by atoms with Crippen LogP contribution in [0.3, 0.4) is 0 Å². The van der Waals surface area contributed by atoms with Crippen LogP contribution in [0, 0.1) is 0 Å². The molecule has 0 unspecified atom stereocenters. The lowest BCUT2D eigenvalue weighted by Gasteiger charge is -1.99. The Labute approximate surface area is 139 Å². The highest BCUT2D eigenvalue weighted by atomic mass is 16.5. The number of fused-ring (bicyclic) bond motifs is 1. The van der Waals surface area contributed by atoms with Crippen LogP contribution in [0.1, 0.15) is 16.1 Å². The van der Waals surface area contributed by atoms with E-state index in [1.165, 1.54) is 0 Å². The zero-order valence-electron chi connectivity index (χ0n) is 13.4. The quantitative estimate of drug-likeness (QED) is 0.560. The number of nitrogens with one attached hydrogen (secondary N) is 2. The highest BCUT2D eigenvalue weighted by Crippen LogP contribution is 2.21. The Kier molecular flexibility index (Phi) is 4.47. The van der Waals surface area contributed by atoms with Gasteiger partial charge in [-0.1, -0.05) is 0 Å². The minimum Gasteiger partial charge on any atom is -0.497 e. The molecule has 0 spiro atoms. The Morgan fingerprint density at radius 2 is 1.75 bits per heavy atom. The Hall–Kier alpha value is -3.28. The summed E-state index contributed by atoms with van der Waals surface area (Å²) in [7, 11) is 3.22. The average molecular weight is 323 g/mol. The predicted molar refractivity (Wildman–Crippen MR) is 92.9 cm³/mol. The molecule has 0 aliphatic rings. The maximum atomic E-state index is 12.2. The highest BCUT2D eigenvalue weighted by Gasteiger charge is 2.09. The monoisotopic (exact) mass is 323 g/mol. The van der Waals surface area contributed by atoms with Crippen molar-refractivity contribution in [3.05, 3.63) is 59.8 Å². The first-order valence-electron chi connectivity index (χ1n) is 7.34. The Balaban J connectivity index is 1.68. The largest absolute Gasteiger partial charge is 0.497 e. The number of H-pyrrole nitrogens is 1. The van der Waals surface area contributed by atoms with E-state index in [0.717, 1.165) is 28.0 Å². The van der Waals surface area contributed by atoms with Crippen LogP contribution >= 0.6 is 0 Å². The van der Waals surface area contributed by atoms with Crippen molar-refractivity contribution in [2.24, 2.45) is 5.10 Å². The van der Waals surface area contributed by atoms with Crippen LogP contribution in [0.2, 0.25) is 0 Å². The number of aromatic nitrogens is 1. The zero-order valence-corrected chi connectivity index (χ0v) is 13.4. The fourth-order valence-electron chi connectivity index (χ4n) is 2.28. The molecule has 0 radical (unpaired) electrons. The number of carbonyl (C=O) groups excluding carboxylic acids is 1. The second kappa shape index (κ2) is 6.87. The maximum Gasteiger partial charge on any atom is 0.287 e. The summed E-state index contributed by atoms with van der Waals surface area (Å²) in [4.78, 5) is 15.2. The van der Waals surface area contributed by atoms with Gasteiger partial charge in [0.15, 0.2) is 0 Å². The second-order valence-electron chi connectivity index (χ2n) is 5.11. The van der Waals surface area contributed by atoms with Crippen molar-refractivity contribution in [1.82, 2.24) is 10.4 Å². The number of hydrazone groups is 1. The Bertz CT molecular complexity index is 882. The van der Waals surface area contributed by atoms with Crippen molar-refractivity contribution in [2.75, 3.05) is 14.2 Å². The minimum atomic E-state index is -0.310. The highest BCUT2D eigenvalue weighted by molar-refractivity contribution is 5.98. The van der Waals surface area contributed by atoms with Gasteiger partial charge in [0.05, 0.1) is 20.4 Å². The number of hydrogen-bond donors (Lipinski definition) is 2. The van der Waals surface area contributed by atoms with E-state index in [2.05, 4.69) is 15.5 Å². The van der Waals surface area contributed by atoms with E-state index in [1.54, 1.807) is 26.5 Å². The average Bonchev–Trinajstić information content (AvgIpc) is 3.05. The first-order valence-corrected chi connectivity index (χ1v) is 7.34. The van der Waals surface area contributed by atoms with Crippen LogP contribution in [-0.4, -0.2) is 31.3 Å². The number of nitrogens with zero attached hydrogens (tertiary/aromatic N) is 1. The number of hydrogen-bond acceptors (Lipinski definition) is 4. The van der Waals surface area contributed by atoms with E-state index in [4.69, 9.17) is 9.47 Å². The molecule has 0 atom stereocenters. The standard InChI is InChI=1S/C18H17N3O3/c1-23-14-5-3-12(4-6-14)11-19-21-18(22)17-10-13-9-15(24-2)7-8-16(13)20-17/h3-11,20H,1-2H3,(H,21,22). The van der Waals surface area contributed by atoms with Gasteiger partial charge in [0, 0.05) is 10.9 Å². The summed E-state index contributed by atoms with van der Waals surface area (Å²) in [5, 5.41) is 4.87. The molecule has 1 aromatic heterocycles. The normalized spacial score (nSPS) is 10.9. The number of benzene rings is 2. The molecule has 2 N–H and O–H groups in total. The van der Waals surface area contributed by atoms with Gasteiger partial charge in [-0.25, -0.2) is 5.43 Å². The summed E-state index contributed by atoms with van der Waals surface area (Å²) < 4.78 is 10.3. The fraction of sp³-hybridized carbons (Fsp3) is 0.111. The van der Waals surface area contributed by atoms with Gasteiger partial charge in [-0.05, 0) is 54.1 Å². The van der Waals surface area contributed by atoms with E-state index in [1.807, 2.05) is 42.5 Å². The van der Waals surface area contributed by atoms with Crippen LogP contribution in [0.5, 0.6) is 11.5 Å². The van der Waals surface area contributed by atoms with Crippen molar-refractivity contribution >= 4 is 23.0 Å². The van der Waals surface area contributed by atoms with Crippen LogP contribution in [0.15, 0.2) is 53.6 Å². The molecule has 3 rings (SSSR count). The molecule has 3 aromatic rings. The molecular weight excluding hydrogens is 306 g/mol. The SMILES string of the molecule is COc1ccc(C=NNC(=O)c2cc3cc(OC)ccc3[nH]2)cc1. The summed E-state index contributed by atoms with van der Waals surface area (Å²) in [6.07, 6.45) is 1.57. The van der Waals surface area contributed by atoms with Gasteiger partial charge >= 0.3 is 0 Å². The van der Waals surface area contributed by atoms with Crippen molar-refractivity contribution in [3.8, 4) is 11.5 Å². The summed E-state index contributed by atoms with van der Waals surface area (Å²) in [6.45, 7) is 0. The molecule has 0 aliphatic heterocycles. The van der Waals surface area contributed by atoms with Gasteiger partial charge in [0.2, 0.25) is 0 Å². The first-order chi connectivity index (χ1) is 11.7. The second-order valence-corrected chi connectivity index (χ2v) is 5.11. The Morgan fingerprint density at radius 3 is 2.46 bits per heavy atom. The smallest absolute Gasteiger partial charge is 0.287 e. The maximum absolute atomic E-state index is 12.2. The third-order valence-corrected chi connectivity index (χ3v) is 3.57. The number of carbonyl (C=O) groups is 1. The topological polar surface area (TPSA) is 75.7 Å². The van der Waals surface area contributed by atoms with Crippen molar-refractivity contribution in [2.45, 2.75) is 0 Å². The van der Waals surface area contributed by atoms with E-state index in [0.29, 0.717) is 5.69 Å². The predicted octanol–water partition coefficient (Wildman–Crippen LogP) is 2.95. The van der Waals surface area contributed by atoms with Crippen LogP contribution in [-0.2, 0) is 0 Å².